The highest BCUT2D eigenvalue weighted by molar-refractivity contribution is 5.88. The van der Waals surface area contributed by atoms with Crippen LogP contribution in [0.3, 0.4) is 0 Å². The number of imidazole rings is 1. The number of hydrogen-bond donors (Lipinski definition) is 0. The molecule has 27 heavy (non-hydrogen) atoms. The van der Waals surface area contributed by atoms with Gasteiger partial charge in [-0.1, -0.05) is 35.9 Å². The minimum absolute atomic E-state index is 0.297. The molecule has 0 saturated carbocycles. The Bertz CT molecular complexity index is 1090. The molecule has 0 radical (unpaired) electrons. The second kappa shape index (κ2) is 6.83. The van der Waals surface area contributed by atoms with Crippen LogP contribution in [0, 0.1) is 6.92 Å². The topological polar surface area (TPSA) is 73.0 Å². The van der Waals surface area contributed by atoms with Crippen molar-refractivity contribution in [2.45, 2.75) is 19.8 Å². The van der Waals surface area contributed by atoms with Gasteiger partial charge in [-0.3, -0.25) is 4.57 Å². The fraction of sp³-hybridized carbons (Fsp3) is 0.300. The molecule has 0 bridgehead atoms. The first kappa shape index (κ1) is 17.2. The van der Waals surface area contributed by atoms with Crippen LogP contribution in [0.1, 0.15) is 29.8 Å². The Morgan fingerprint density at radius 1 is 1.11 bits per heavy atom. The summed E-state index contributed by atoms with van der Waals surface area (Å²) in [6.45, 7) is 3.40. The van der Waals surface area contributed by atoms with E-state index in [1.54, 1.807) is 24.2 Å². The minimum atomic E-state index is -0.393. The van der Waals surface area contributed by atoms with Gasteiger partial charge >= 0.3 is 11.7 Å². The molecule has 4 rings (SSSR count). The standard InChI is InChI=1S/C20H21N5O2/c1-14-5-7-15(8-6-14)9-10-17-21-13-16-18(22-17)23(2)19(26)25(16)20(27)24-11-3-4-12-24/h5-10,13H,3-4,11-12H2,1-2H3. The van der Waals surface area contributed by atoms with E-state index in [0.717, 1.165) is 18.4 Å². The number of hydrogen-bond acceptors (Lipinski definition) is 4. The number of carbonyl (C=O) groups is 1. The highest BCUT2D eigenvalue weighted by atomic mass is 16.2. The molecule has 2 aromatic heterocycles. The molecule has 138 valence electrons. The molecule has 0 atom stereocenters. The Kier molecular flexibility index (Phi) is 4.35. The molecule has 1 aliphatic heterocycles. The average molecular weight is 363 g/mol. The van der Waals surface area contributed by atoms with Crippen LogP contribution in [-0.2, 0) is 7.05 Å². The largest absolute Gasteiger partial charge is 0.338 e. The molecule has 0 N–H and O–H groups in total. The number of amides is 1. The lowest BCUT2D eigenvalue weighted by molar-refractivity contribution is 0.210. The molecule has 1 amide bonds. The zero-order valence-corrected chi connectivity index (χ0v) is 15.4. The zero-order chi connectivity index (χ0) is 19.0. The third-order valence-electron chi connectivity index (χ3n) is 4.88. The van der Waals surface area contributed by atoms with Gasteiger partial charge in [-0.25, -0.2) is 24.1 Å². The third kappa shape index (κ3) is 3.16. The van der Waals surface area contributed by atoms with Crippen molar-refractivity contribution in [3.63, 3.8) is 0 Å². The summed E-state index contributed by atoms with van der Waals surface area (Å²) in [5.41, 5.74) is 2.73. The Morgan fingerprint density at radius 3 is 2.52 bits per heavy atom. The lowest BCUT2D eigenvalue weighted by Crippen LogP contribution is -2.38. The predicted octanol–water partition coefficient (Wildman–Crippen LogP) is 2.67. The van der Waals surface area contributed by atoms with Gasteiger partial charge in [0.1, 0.15) is 5.52 Å². The summed E-state index contributed by atoms with van der Waals surface area (Å²) < 4.78 is 2.57. The molecule has 7 heteroatoms. The van der Waals surface area contributed by atoms with Gasteiger partial charge < -0.3 is 4.90 Å². The number of aromatic nitrogens is 4. The predicted molar refractivity (Wildman–Crippen MR) is 104 cm³/mol. The van der Waals surface area contributed by atoms with Crippen LogP contribution in [0.2, 0.25) is 0 Å². The van der Waals surface area contributed by atoms with Crippen LogP contribution in [0.15, 0.2) is 35.3 Å². The van der Waals surface area contributed by atoms with Gasteiger partial charge in [0, 0.05) is 20.1 Å². The Labute approximate surface area is 156 Å². The van der Waals surface area contributed by atoms with Crippen molar-refractivity contribution >= 4 is 29.3 Å². The fourth-order valence-corrected chi connectivity index (χ4v) is 3.29. The van der Waals surface area contributed by atoms with E-state index in [0.29, 0.717) is 30.1 Å². The molecule has 3 aromatic rings. The molecular weight excluding hydrogens is 342 g/mol. The van der Waals surface area contributed by atoms with Gasteiger partial charge in [0.2, 0.25) is 0 Å². The second-order valence-corrected chi connectivity index (χ2v) is 6.83. The van der Waals surface area contributed by atoms with Crippen LogP contribution in [-0.4, -0.2) is 43.1 Å². The quantitative estimate of drug-likeness (QED) is 0.702. The van der Waals surface area contributed by atoms with E-state index in [-0.39, 0.29) is 6.03 Å². The van der Waals surface area contributed by atoms with Crippen molar-refractivity contribution in [3.8, 4) is 0 Å². The highest BCUT2D eigenvalue weighted by Crippen LogP contribution is 2.15. The number of fused-ring (bicyclic) bond motifs is 1. The lowest BCUT2D eigenvalue weighted by Gasteiger charge is -2.14. The van der Waals surface area contributed by atoms with Crippen LogP contribution >= 0.6 is 0 Å². The van der Waals surface area contributed by atoms with E-state index in [4.69, 9.17) is 0 Å². The molecule has 1 aliphatic rings. The van der Waals surface area contributed by atoms with Gasteiger partial charge in [-0.05, 0) is 31.4 Å². The fourth-order valence-electron chi connectivity index (χ4n) is 3.29. The van der Waals surface area contributed by atoms with E-state index >= 15 is 0 Å². The maximum absolute atomic E-state index is 12.7. The number of nitrogens with zero attached hydrogens (tertiary/aromatic N) is 5. The van der Waals surface area contributed by atoms with Gasteiger partial charge in [0.05, 0.1) is 6.20 Å². The SMILES string of the molecule is Cc1ccc(C=Cc2ncc3c(n2)n(C)c(=O)n3C(=O)N2CCCC2)cc1. The smallest absolute Gasteiger partial charge is 0.324 e. The van der Waals surface area contributed by atoms with E-state index < -0.39 is 5.69 Å². The maximum Gasteiger partial charge on any atom is 0.338 e. The first-order valence-corrected chi connectivity index (χ1v) is 9.03. The summed E-state index contributed by atoms with van der Waals surface area (Å²) in [4.78, 5) is 35.8. The summed E-state index contributed by atoms with van der Waals surface area (Å²) in [6.07, 6.45) is 7.21. The Hall–Kier alpha value is -3.22. The monoisotopic (exact) mass is 363 g/mol. The van der Waals surface area contributed by atoms with Crippen molar-refractivity contribution in [2.75, 3.05) is 13.1 Å². The zero-order valence-electron chi connectivity index (χ0n) is 15.4. The Morgan fingerprint density at radius 2 is 1.81 bits per heavy atom. The van der Waals surface area contributed by atoms with Crippen molar-refractivity contribution in [1.82, 2.24) is 24.0 Å². The summed E-state index contributed by atoms with van der Waals surface area (Å²) in [5, 5.41) is 0. The second-order valence-electron chi connectivity index (χ2n) is 6.83. The first-order chi connectivity index (χ1) is 13.0. The number of aryl methyl sites for hydroxylation is 2. The van der Waals surface area contributed by atoms with Crippen LogP contribution in [0.25, 0.3) is 23.3 Å². The molecule has 0 aliphatic carbocycles. The van der Waals surface area contributed by atoms with Crippen molar-refractivity contribution in [2.24, 2.45) is 7.05 Å². The number of carbonyl (C=O) groups excluding carboxylic acids is 1. The normalized spacial score (nSPS) is 14.5. The summed E-state index contributed by atoms with van der Waals surface area (Å²) in [5.74, 6) is 0.490. The van der Waals surface area contributed by atoms with Crippen LogP contribution in [0.5, 0.6) is 0 Å². The molecule has 3 heterocycles. The summed E-state index contributed by atoms with van der Waals surface area (Å²) in [6, 6.07) is 7.82. The van der Waals surface area contributed by atoms with E-state index in [9.17, 15) is 9.59 Å². The molecule has 1 saturated heterocycles. The molecule has 0 unspecified atom stereocenters. The number of benzene rings is 1. The van der Waals surface area contributed by atoms with Crippen LogP contribution < -0.4 is 5.69 Å². The van der Waals surface area contributed by atoms with Gasteiger partial charge in [0.25, 0.3) is 0 Å². The lowest BCUT2D eigenvalue weighted by atomic mass is 10.1. The molecule has 7 nitrogen and oxygen atoms in total. The van der Waals surface area contributed by atoms with Crippen molar-refractivity contribution in [3.05, 3.63) is 57.9 Å². The molecular formula is C20H21N5O2. The van der Waals surface area contributed by atoms with E-state index in [1.807, 2.05) is 37.3 Å². The van der Waals surface area contributed by atoms with Crippen molar-refractivity contribution in [1.29, 1.82) is 0 Å². The number of likely N-dealkylation sites (tertiary alicyclic amines) is 1. The van der Waals surface area contributed by atoms with Crippen LogP contribution in [0.4, 0.5) is 4.79 Å². The summed E-state index contributed by atoms with van der Waals surface area (Å²) >= 11 is 0. The first-order valence-electron chi connectivity index (χ1n) is 9.03. The summed E-state index contributed by atoms with van der Waals surface area (Å²) in [7, 11) is 1.62. The third-order valence-corrected chi connectivity index (χ3v) is 4.88. The minimum Gasteiger partial charge on any atom is -0.324 e. The van der Waals surface area contributed by atoms with Gasteiger partial charge in [-0.15, -0.1) is 0 Å². The van der Waals surface area contributed by atoms with E-state index in [2.05, 4.69) is 9.97 Å². The van der Waals surface area contributed by atoms with Gasteiger partial charge in [-0.2, -0.15) is 0 Å². The number of rotatable bonds is 2. The van der Waals surface area contributed by atoms with Crippen molar-refractivity contribution < 1.29 is 4.79 Å². The average Bonchev–Trinajstić information content (AvgIpc) is 3.29. The Balaban J connectivity index is 1.70. The maximum atomic E-state index is 12.7. The molecule has 1 aromatic carbocycles. The van der Waals surface area contributed by atoms with E-state index in [1.165, 1.54) is 14.7 Å². The van der Waals surface area contributed by atoms with Gasteiger partial charge in [0.15, 0.2) is 11.5 Å². The molecule has 0 spiro atoms. The molecule has 1 fully saturated rings. The highest BCUT2D eigenvalue weighted by Gasteiger charge is 2.25.